The molecular weight excluding hydrogens is 339 g/mol. The van der Waals surface area contributed by atoms with Crippen molar-refractivity contribution in [3.05, 3.63) is 40.7 Å². The molecule has 6 nitrogen and oxygen atoms in total. The Bertz CT molecular complexity index is 614. The standard InChI is InChI=1S/C16H18ClFN2O4/c1-2-8-19-14(21)9-20-15(22)10-24-16(23)7-6-11-12(17)4-3-5-13(11)18/h3-7H,2,8-10H2,1H3,(H,19,21)(H,20,22)/b7-6+. The molecule has 0 atom stereocenters. The van der Waals surface area contributed by atoms with E-state index in [1.807, 2.05) is 6.92 Å². The number of ether oxygens (including phenoxy) is 1. The molecule has 0 saturated carbocycles. The lowest BCUT2D eigenvalue weighted by Crippen LogP contribution is -2.38. The predicted molar refractivity (Wildman–Crippen MR) is 87.7 cm³/mol. The second kappa shape index (κ2) is 10.4. The number of rotatable bonds is 8. The van der Waals surface area contributed by atoms with Crippen LogP contribution < -0.4 is 10.6 Å². The molecule has 0 aromatic heterocycles. The maximum absolute atomic E-state index is 13.5. The van der Waals surface area contributed by atoms with Gasteiger partial charge in [0.05, 0.1) is 11.6 Å². The molecule has 0 aliphatic heterocycles. The second-order valence-electron chi connectivity index (χ2n) is 4.70. The van der Waals surface area contributed by atoms with Crippen LogP contribution in [0, 0.1) is 5.82 Å². The number of benzene rings is 1. The van der Waals surface area contributed by atoms with Crippen LogP contribution in [-0.4, -0.2) is 37.5 Å². The molecule has 0 spiro atoms. The fraction of sp³-hybridized carbons (Fsp3) is 0.312. The van der Waals surface area contributed by atoms with E-state index < -0.39 is 24.3 Å². The summed E-state index contributed by atoms with van der Waals surface area (Å²) in [5.41, 5.74) is 0.0492. The van der Waals surface area contributed by atoms with Crippen LogP contribution in [0.4, 0.5) is 4.39 Å². The lowest BCUT2D eigenvalue weighted by Gasteiger charge is -2.06. The van der Waals surface area contributed by atoms with Gasteiger partial charge in [0.1, 0.15) is 5.82 Å². The van der Waals surface area contributed by atoms with Crippen LogP contribution in [0.3, 0.4) is 0 Å². The molecule has 0 bridgehead atoms. The Morgan fingerprint density at radius 3 is 2.67 bits per heavy atom. The number of amides is 2. The summed E-state index contributed by atoms with van der Waals surface area (Å²) in [7, 11) is 0. The van der Waals surface area contributed by atoms with Gasteiger partial charge < -0.3 is 15.4 Å². The zero-order valence-corrected chi connectivity index (χ0v) is 13.9. The Morgan fingerprint density at radius 1 is 1.25 bits per heavy atom. The lowest BCUT2D eigenvalue weighted by atomic mass is 10.2. The summed E-state index contributed by atoms with van der Waals surface area (Å²) >= 11 is 5.80. The molecule has 8 heteroatoms. The first kappa shape index (κ1) is 19.6. The number of hydrogen-bond donors (Lipinski definition) is 2. The van der Waals surface area contributed by atoms with E-state index in [9.17, 15) is 18.8 Å². The minimum absolute atomic E-state index is 0.0492. The molecule has 0 aliphatic rings. The van der Waals surface area contributed by atoms with Crippen molar-refractivity contribution in [3.8, 4) is 0 Å². The van der Waals surface area contributed by atoms with Crippen molar-refractivity contribution in [1.82, 2.24) is 10.6 Å². The largest absolute Gasteiger partial charge is 0.452 e. The predicted octanol–water partition coefficient (Wildman–Crippen LogP) is 1.68. The average molecular weight is 357 g/mol. The van der Waals surface area contributed by atoms with Crippen molar-refractivity contribution in [2.75, 3.05) is 19.7 Å². The number of hydrogen-bond acceptors (Lipinski definition) is 4. The molecule has 24 heavy (non-hydrogen) atoms. The summed E-state index contributed by atoms with van der Waals surface area (Å²) in [4.78, 5) is 34.2. The van der Waals surface area contributed by atoms with Crippen molar-refractivity contribution in [1.29, 1.82) is 0 Å². The SMILES string of the molecule is CCCNC(=O)CNC(=O)COC(=O)/C=C/c1c(F)cccc1Cl. The van der Waals surface area contributed by atoms with Gasteiger partial charge in [-0.05, 0) is 24.6 Å². The van der Waals surface area contributed by atoms with Crippen molar-refractivity contribution in [2.24, 2.45) is 0 Å². The number of halogens is 2. The molecule has 0 fully saturated rings. The number of esters is 1. The smallest absolute Gasteiger partial charge is 0.331 e. The molecule has 0 saturated heterocycles. The highest BCUT2D eigenvalue weighted by Crippen LogP contribution is 2.20. The topological polar surface area (TPSA) is 84.5 Å². The van der Waals surface area contributed by atoms with E-state index in [-0.39, 0.29) is 23.0 Å². The van der Waals surface area contributed by atoms with E-state index in [4.69, 9.17) is 11.6 Å². The summed E-state index contributed by atoms with van der Waals surface area (Å²) in [6.07, 6.45) is 2.91. The Kier molecular flexibility index (Phi) is 8.49. The van der Waals surface area contributed by atoms with Crippen LogP contribution in [0.2, 0.25) is 5.02 Å². The van der Waals surface area contributed by atoms with Crippen LogP contribution in [0.25, 0.3) is 6.08 Å². The molecule has 2 N–H and O–H groups in total. The Hall–Kier alpha value is -2.41. The second-order valence-corrected chi connectivity index (χ2v) is 5.11. The van der Waals surface area contributed by atoms with Gasteiger partial charge in [-0.3, -0.25) is 9.59 Å². The first-order valence-corrected chi connectivity index (χ1v) is 7.64. The highest BCUT2D eigenvalue weighted by molar-refractivity contribution is 6.32. The summed E-state index contributed by atoms with van der Waals surface area (Å²) in [6.45, 7) is 1.68. The van der Waals surface area contributed by atoms with Crippen LogP contribution in [0.15, 0.2) is 24.3 Å². The van der Waals surface area contributed by atoms with Crippen molar-refractivity contribution in [3.63, 3.8) is 0 Å². The van der Waals surface area contributed by atoms with Crippen LogP contribution >= 0.6 is 11.6 Å². The van der Waals surface area contributed by atoms with Crippen molar-refractivity contribution in [2.45, 2.75) is 13.3 Å². The molecule has 1 aromatic carbocycles. The van der Waals surface area contributed by atoms with E-state index >= 15 is 0 Å². The third-order valence-electron chi connectivity index (χ3n) is 2.75. The molecule has 130 valence electrons. The van der Waals surface area contributed by atoms with Crippen molar-refractivity contribution < 1.29 is 23.5 Å². The molecule has 0 heterocycles. The van der Waals surface area contributed by atoms with Gasteiger partial charge in [-0.1, -0.05) is 24.6 Å². The number of nitrogens with one attached hydrogen (secondary N) is 2. The first-order chi connectivity index (χ1) is 11.4. The molecule has 0 radical (unpaired) electrons. The molecular formula is C16H18ClFN2O4. The van der Waals surface area contributed by atoms with Crippen LogP contribution in [0.5, 0.6) is 0 Å². The fourth-order valence-corrected chi connectivity index (χ4v) is 1.79. The van der Waals surface area contributed by atoms with Gasteiger partial charge in [0.15, 0.2) is 6.61 Å². The van der Waals surface area contributed by atoms with E-state index in [1.165, 1.54) is 18.2 Å². The van der Waals surface area contributed by atoms with Gasteiger partial charge in [-0.2, -0.15) is 0 Å². The molecule has 1 aromatic rings. The van der Waals surface area contributed by atoms with Gasteiger partial charge >= 0.3 is 5.97 Å². The van der Waals surface area contributed by atoms with E-state index in [2.05, 4.69) is 15.4 Å². The average Bonchev–Trinajstić information content (AvgIpc) is 2.55. The van der Waals surface area contributed by atoms with Gasteiger partial charge in [-0.15, -0.1) is 0 Å². The van der Waals surface area contributed by atoms with Gasteiger partial charge in [0.2, 0.25) is 5.91 Å². The van der Waals surface area contributed by atoms with E-state index in [1.54, 1.807) is 0 Å². The Labute approximate surface area is 144 Å². The summed E-state index contributed by atoms with van der Waals surface area (Å²) in [5.74, 6) is -2.36. The minimum atomic E-state index is -0.833. The third kappa shape index (κ3) is 7.23. The summed E-state index contributed by atoms with van der Waals surface area (Å²) in [6, 6.07) is 4.12. The zero-order chi connectivity index (χ0) is 17.9. The highest BCUT2D eigenvalue weighted by atomic mass is 35.5. The molecule has 0 aliphatic carbocycles. The van der Waals surface area contributed by atoms with Gasteiger partial charge in [-0.25, -0.2) is 9.18 Å². The third-order valence-corrected chi connectivity index (χ3v) is 3.08. The lowest BCUT2D eigenvalue weighted by molar-refractivity contribution is -0.143. The van der Waals surface area contributed by atoms with Crippen LogP contribution in [-0.2, 0) is 19.1 Å². The van der Waals surface area contributed by atoms with Gasteiger partial charge in [0, 0.05) is 18.2 Å². The maximum atomic E-state index is 13.5. The Balaban J connectivity index is 2.37. The van der Waals surface area contributed by atoms with Crippen LogP contribution in [0.1, 0.15) is 18.9 Å². The fourth-order valence-electron chi connectivity index (χ4n) is 1.56. The van der Waals surface area contributed by atoms with Gasteiger partial charge in [0.25, 0.3) is 5.91 Å². The van der Waals surface area contributed by atoms with E-state index in [0.717, 1.165) is 18.6 Å². The quantitative estimate of drug-likeness (QED) is 0.548. The Morgan fingerprint density at radius 2 is 2.00 bits per heavy atom. The van der Waals surface area contributed by atoms with Crippen molar-refractivity contribution >= 4 is 35.5 Å². The molecule has 0 unspecified atom stereocenters. The monoisotopic (exact) mass is 356 g/mol. The summed E-state index contributed by atoms with van der Waals surface area (Å²) < 4.78 is 18.2. The molecule has 1 rings (SSSR count). The highest BCUT2D eigenvalue weighted by Gasteiger charge is 2.08. The molecule has 2 amide bonds. The maximum Gasteiger partial charge on any atom is 0.331 e. The number of carbonyl (C=O) groups excluding carboxylic acids is 3. The van der Waals surface area contributed by atoms with E-state index in [0.29, 0.717) is 6.54 Å². The summed E-state index contributed by atoms with van der Waals surface area (Å²) in [5, 5.41) is 5.03. The zero-order valence-electron chi connectivity index (χ0n) is 13.1. The minimum Gasteiger partial charge on any atom is -0.452 e. The first-order valence-electron chi connectivity index (χ1n) is 7.26. The normalized spacial score (nSPS) is 10.5. The number of carbonyl (C=O) groups is 3.